The van der Waals surface area contributed by atoms with E-state index in [-0.39, 0.29) is 0 Å². The fourth-order valence-corrected chi connectivity index (χ4v) is 1.34. The van der Waals surface area contributed by atoms with Crippen LogP contribution in [0.5, 0.6) is 0 Å². The molecule has 0 radical (unpaired) electrons. The molecule has 1 aliphatic heterocycles. The quantitative estimate of drug-likeness (QED) is 0.395. The molecular formula is C10H14O3. The molecule has 0 amide bonds. The lowest BCUT2D eigenvalue weighted by Gasteiger charge is -2.13. The summed E-state index contributed by atoms with van der Waals surface area (Å²) in [6, 6.07) is 0. The first-order chi connectivity index (χ1) is 6.00. The Balaban J connectivity index is 2.59. The highest BCUT2D eigenvalue weighted by atomic mass is 16.7. The second-order valence-corrected chi connectivity index (χ2v) is 3.49. The Kier molecular flexibility index (Phi) is 2.38. The average molecular weight is 182 g/mol. The maximum Gasteiger partial charge on any atom is 0.146 e. The molecule has 0 aromatic rings. The average Bonchev–Trinajstić information content (AvgIpc) is 2.67. The summed E-state index contributed by atoms with van der Waals surface area (Å²) in [7, 11) is 0. The number of hydrogen-bond acceptors (Lipinski definition) is 3. The van der Waals surface area contributed by atoms with Crippen LogP contribution >= 0.6 is 0 Å². The fraction of sp³-hybridized carbons (Fsp3) is 0.600. The van der Waals surface area contributed by atoms with E-state index in [1.165, 1.54) is 6.26 Å². The first-order valence-corrected chi connectivity index (χ1v) is 4.07. The van der Waals surface area contributed by atoms with Crippen molar-refractivity contribution in [2.75, 3.05) is 6.61 Å². The van der Waals surface area contributed by atoms with Crippen molar-refractivity contribution in [1.29, 1.82) is 0 Å². The molecule has 0 aromatic carbocycles. The summed E-state index contributed by atoms with van der Waals surface area (Å²) < 4.78 is 10.4. The molecule has 0 bridgehead atoms. The van der Waals surface area contributed by atoms with E-state index in [0.29, 0.717) is 6.61 Å². The van der Waals surface area contributed by atoms with Crippen LogP contribution in [0.15, 0.2) is 12.8 Å². The molecule has 1 N–H and O–H groups in total. The van der Waals surface area contributed by atoms with Crippen LogP contribution in [0, 0.1) is 12.3 Å². The van der Waals surface area contributed by atoms with Crippen molar-refractivity contribution in [1.82, 2.24) is 0 Å². The zero-order valence-corrected chi connectivity index (χ0v) is 7.91. The molecule has 0 spiro atoms. The normalized spacial score (nSPS) is 38.9. The van der Waals surface area contributed by atoms with E-state index < -0.39 is 17.3 Å². The van der Waals surface area contributed by atoms with Crippen molar-refractivity contribution < 1.29 is 14.6 Å². The van der Waals surface area contributed by atoms with Gasteiger partial charge in [0.1, 0.15) is 23.9 Å². The van der Waals surface area contributed by atoms with Crippen molar-refractivity contribution in [2.45, 2.75) is 31.2 Å². The van der Waals surface area contributed by atoms with Crippen LogP contribution in [-0.2, 0) is 9.47 Å². The lowest BCUT2D eigenvalue weighted by atomic mass is 9.92. The van der Waals surface area contributed by atoms with Crippen LogP contribution in [-0.4, -0.2) is 29.0 Å². The molecule has 3 atom stereocenters. The van der Waals surface area contributed by atoms with Gasteiger partial charge in [-0.3, -0.25) is 0 Å². The molecule has 1 saturated heterocycles. The van der Waals surface area contributed by atoms with Crippen molar-refractivity contribution in [3.05, 3.63) is 12.8 Å². The lowest BCUT2D eigenvalue weighted by Crippen LogP contribution is -2.34. The molecule has 1 aliphatic rings. The molecule has 1 fully saturated rings. The number of aliphatic hydroxyl groups is 1. The van der Waals surface area contributed by atoms with Gasteiger partial charge in [0.25, 0.3) is 0 Å². The van der Waals surface area contributed by atoms with Gasteiger partial charge in [-0.15, -0.1) is 6.42 Å². The minimum Gasteiger partial charge on any atom is -0.499 e. The van der Waals surface area contributed by atoms with E-state index in [0.717, 1.165) is 0 Å². The molecule has 13 heavy (non-hydrogen) atoms. The van der Waals surface area contributed by atoms with E-state index in [2.05, 4.69) is 12.5 Å². The molecule has 3 nitrogen and oxygen atoms in total. The maximum absolute atomic E-state index is 9.45. The van der Waals surface area contributed by atoms with E-state index in [1.54, 1.807) is 6.92 Å². The second kappa shape index (κ2) is 3.06. The highest BCUT2D eigenvalue weighted by Crippen LogP contribution is 2.50. The van der Waals surface area contributed by atoms with Crippen LogP contribution in [0.3, 0.4) is 0 Å². The lowest BCUT2D eigenvalue weighted by molar-refractivity contribution is 0.130. The van der Waals surface area contributed by atoms with E-state index in [1.807, 2.05) is 6.92 Å². The minimum absolute atomic E-state index is 0.353. The molecule has 0 aromatic heterocycles. The molecule has 0 saturated carbocycles. The van der Waals surface area contributed by atoms with Gasteiger partial charge in [0.05, 0.1) is 6.26 Å². The Bertz CT molecular complexity index is 255. The number of rotatable bonds is 4. The van der Waals surface area contributed by atoms with Gasteiger partial charge in [-0.25, -0.2) is 0 Å². The van der Waals surface area contributed by atoms with Gasteiger partial charge in [0.2, 0.25) is 0 Å². The van der Waals surface area contributed by atoms with Crippen molar-refractivity contribution in [2.24, 2.45) is 0 Å². The topological polar surface area (TPSA) is 42.0 Å². The molecule has 3 heteroatoms. The van der Waals surface area contributed by atoms with Crippen molar-refractivity contribution in [3.8, 4) is 12.3 Å². The van der Waals surface area contributed by atoms with Crippen LogP contribution in [0.25, 0.3) is 0 Å². The summed E-state index contributed by atoms with van der Waals surface area (Å²) in [6.45, 7) is 7.39. The number of epoxide rings is 1. The molecule has 1 heterocycles. The number of hydrogen-bond donors (Lipinski definition) is 1. The predicted molar refractivity (Wildman–Crippen MR) is 48.9 cm³/mol. The highest BCUT2D eigenvalue weighted by Gasteiger charge is 2.67. The van der Waals surface area contributed by atoms with Crippen molar-refractivity contribution in [3.63, 3.8) is 0 Å². The fourth-order valence-electron chi connectivity index (χ4n) is 1.34. The first-order valence-electron chi connectivity index (χ1n) is 4.07. The number of terminal acetylenes is 1. The molecule has 0 aliphatic carbocycles. The third kappa shape index (κ3) is 1.43. The Hall–Kier alpha value is -0.980. The van der Waals surface area contributed by atoms with Crippen LogP contribution in [0.4, 0.5) is 0 Å². The SMILES string of the molecule is C#CC(O)C1(C)OC1(C)COC=C. The van der Waals surface area contributed by atoms with Crippen LogP contribution in [0.1, 0.15) is 13.8 Å². The van der Waals surface area contributed by atoms with Gasteiger partial charge in [0, 0.05) is 0 Å². The third-order valence-electron chi connectivity index (χ3n) is 2.60. The molecule has 72 valence electrons. The summed E-state index contributed by atoms with van der Waals surface area (Å²) in [5.41, 5.74) is -1.20. The predicted octanol–water partition coefficient (Wildman–Crippen LogP) is 0.688. The summed E-state index contributed by atoms with van der Waals surface area (Å²) in [5.74, 6) is 2.25. The number of aliphatic hydroxyl groups excluding tert-OH is 1. The Morgan fingerprint density at radius 2 is 2.38 bits per heavy atom. The zero-order valence-electron chi connectivity index (χ0n) is 7.91. The second-order valence-electron chi connectivity index (χ2n) is 3.49. The maximum atomic E-state index is 9.45. The van der Waals surface area contributed by atoms with Crippen LogP contribution < -0.4 is 0 Å². The van der Waals surface area contributed by atoms with E-state index >= 15 is 0 Å². The van der Waals surface area contributed by atoms with Gasteiger partial charge in [-0.2, -0.15) is 0 Å². The van der Waals surface area contributed by atoms with Gasteiger partial charge in [-0.05, 0) is 13.8 Å². The van der Waals surface area contributed by atoms with Gasteiger partial charge in [0.15, 0.2) is 0 Å². The standard InChI is InChI=1S/C10H14O3/c1-5-8(11)10(4)9(3,13-10)7-12-6-2/h1,6,8,11H,2,7H2,3-4H3. The summed E-state index contributed by atoms with van der Waals surface area (Å²) in [5, 5.41) is 9.45. The Morgan fingerprint density at radius 3 is 2.85 bits per heavy atom. The third-order valence-corrected chi connectivity index (χ3v) is 2.60. The van der Waals surface area contributed by atoms with Gasteiger partial charge >= 0.3 is 0 Å². The Morgan fingerprint density at radius 1 is 1.77 bits per heavy atom. The van der Waals surface area contributed by atoms with Crippen LogP contribution in [0.2, 0.25) is 0 Å². The minimum atomic E-state index is -0.897. The summed E-state index contributed by atoms with van der Waals surface area (Å²) >= 11 is 0. The van der Waals surface area contributed by atoms with Gasteiger partial charge < -0.3 is 14.6 Å². The zero-order chi connectivity index (χ0) is 10.1. The monoisotopic (exact) mass is 182 g/mol. The molecule has 3 unspecified atom stereocenters. The highest BCUT2D eigenvalue weighted by molar-refractivity contribution is 5.21. The van der Waals surface area contributed by atoms with E-state index in [4.69, 9.17) is 15.9 Å². The Labute approximate surface area is 78.3 Å². The first kappa shape index (κ1) is 10.1. The number of ether oxygens (including phenoxy) is 2. The van der Waals surface area contributed by atoms with Crippen molar-refractivity contribution >= 4 is 0 Å². The summed E-state index contributed by atoms with van der Waals surface area (Å²) in [4.78, 5) is 0. The van der Waals surface area contributed by atoms with Gasteiger partial charge in [-0.1, -0.05) is 12.5 Å². The molecular weight excluding hydrogens is 168 g/mol. The van der Waals surface area contributed by atoms with E-state index in [9.17, 15) is 5.11 Å². The molecule has 1 rings (SSSR count). The largest absolute Gasteiger partial charge is 0.499 e. The smallest absolute Gasteiger partial charge is 0.146 e. The summed E-state index contributed by atoms with van der Waals surface area (Å²) in [6.07, 6.45) is 5.55.